The van der Waals surface area contributed by atoms with Crippen molar-refractivity contribution in [3.05, 3.63) is 65.4 Å². The fraction of sp³-hybridized carbons (Fsp3) is 0.111. The number of anilines is 1. The Hall–Kier alpha value is -2.59. The third kappa shape index (κ3) is 3.60. The molecule has 0 amide bonds. The molecule has 4 nitrogen and oxygen atoms in total. The van der Waals surface area contributed by atoms with Gasteiger partial charge in [-0.15, -0.1) is 0 Å². The van der Waals surface area contributed by atoms with Crippen LogP contribution in [0, 0.1) is 0 Å². The summed E-state index contributed by atoms with van der Waals surface area (Å²) in [5.74, 6) is 2.43. The van der Waals surface area contributed by atoms with E-state index in [-0.39, 0.29) is 5.75 Å². The third-order valence-electron chi connectivity index (χ3n) is 3.43. The predicted octanol–water partition coefficient (Wildman–Crippen LogP) is 4.93. The average Bonchev–Trinajstić information content (AvgIpc) is 3.03. The van der Waals surface area contributed by atoms with Crippen molar-refractivity contribution < 1.29 is 14.3 Å². The van der Waals surface area contributed by atoms with Gasteiger partial charge >= 0.3 is 0 Å². The summed E-state index contributed by atoms with van der Waals surface area (Å²) < 4.78 is 11.0. The van der Waals surface area contributed by atoms with Gasteiger partial charge in [0.05, 0.1) is 18.7 Å². The summed E-state index contributed by atoms with van der Waals surface area (Å²) >= 11 is 6.14. The van der Waals surface area contributed by atoms with E-state index in [1.54, 1.807) is 19.2 Å². The lowest BCUT2D eigenvalue weighted by atomic mass is 10.2. The van der Waals surface area contributed by atoms with Gasteiger partial charge in [0.1, 0.15) is 23.0 Å². The molecule has 0 spiro atoms. The van der Waals surface area contributed by atoms with E-state index in [4.69, 9.17) is 20.8 Å². The molecule has 2 N–H and O–H groups in total. The number of hydrogen-bond acceptors (Lipinski definition) is 4. The zero-order valence-corrected chi connectivity index (χ0v) is 13.3. The molecule has 0 aliphatic carbocycles. The van der Waals surface area contributed by atoms with E-state index in [0.717, 1.165) is 22.8 Å². The van der Waals surface area contributed by atoms with E-state index >= 15 is 0 Å². The molecule has 3 rings (SSSR count). The molecule has 2 aromatic carbocycles. The maximum atomic E-state index is 9.27. The lowest BCUT2D eigenvalue weighted by molar-refractivity contribution is 0.415. The van der Waals surface area contributed by atoms with Gasteiger partial charge in [0.15, 0.2) is 0 Å². The minimum absolute atomic E-state index is 0.243. The molecular weight excluding hydrogens is 314 g/mol. The number of nitrogens with one attached hydrogen (secondary N) is 1. The summed E-state index contributed by atoms with van der Waals surface area (Å²) in [5.41, 5.74) is 1.81. The summed E-state index contributed by atoms with van der Waals surface area (Å²) in [5, 5.41) is 13.0. The van der Waals surface area contributed by atoms with Crippen LogP contribution in [0.3, 0.4) is 0 Å². The molecule has 0 saturated carbocycles. The number of furan rings is 1. The van der Waals surface area contributed by atoms with E-state index in [2.05, 4.69) is 5.32 Å². The summed E-state index contributed by atoms with van der Waals surface area (Å²) in [6.07, 6.45) is 0. The van der Waals surface area contributed by atoms with Gasteiger partial charge in [0.2, 0.25) is 0 Å². The minimum Gasteiger partial charge on any atom is -0.508 e. The molecule has 0 radical (unpaired) electrons. The highest BCUT2D eigenvalue weighted by atomic mass is 35.5. The van der Waals surface area contributed by atoms with Crippen molar-refractivity contribution in [1.29, 1.82) is 0 Å². The van der Waals surface area contributed by atoms with Crippen LogP contribution in [-0.2, 0) is 6.54 Å². The van der Waals surface area contributed by atoms with Gasteiger partial charge in [0.25, 0.3) is 0 Å². The Morgan fingerprint density at radius 2 is 1.87 bits per heavy atom. The van der Waals surface area contributed by atoms with Crippen LogP contribution in [0.25, 0.3) is 11.3 Å². The van der Waals surface area contributed by atoms with Gasteiger partial charge in [0, 0.05) is 11.3 Å². The van der Waals surface area contributed by atoms with Gasteiger partial charge in [-0.05, 0) is 54.6 Å². The molecule has 0 unspecified atom stereocenters. The highest BCUT2D eigenvalue weighted by molar-refractivity contribution is 6.32. The van der Waals surface area contributed by atoms with Crippen LogP contribution < -0.4 is 10.1 Å². The quantitative estimate of drug-likeness (QED) is 0.652. The Labute approximate surface area is 139 Å². The highest BCUT2D eigenvalue weighted by Gasteiger charge is 2.08. The number of rotatable bonds is 5. The maximum Gasteiger partial charge on any atom is 0.137 e. The number of phenolic OH excluding ortho intramolecular Hbond substituents is 1. The number of methoxy groups -OCH3 is 1. The van der Waals surface area contributed by atoms with Crippen LogP contribution in [0.15, 0.2) is 59.0 Å². The summed E-state index contributed by atoms with van der Waals surface area (Å²) in [6, 6.07) is 16.2. The zero-order valence-electron chi connectivity index (χ0n) is 12.5. The number of benzene rings is 2. The smallest absolute Gasteiger partial charge is 0.137 e. The SMILES string of the molecule is COc1ccc(-c2ccc(CNc3ccc(O)cc3)o2)cc1Cl. The molecule has 118 valence electrons. The first kappa shape index (κ1) is 15.3. The molecule has 5 heteroatoms. The van der Waals surface area contributed by atoms with Crippen molar-refractivity contribution in [2.75, 3.05) is 12.4 Å². The first-order valence-electron chi connectivity index (χ1n) is 7.11. The molecule has 1 heterocycles. The van der Waals surface area contributed by atoms with Crippen molar-refractivity contribution in [3.8, 4) is 22.8 Å². The molecule has 0 fully saturated rings. The van der Waals surface area contributed by atoms with Crippen molar-refractivity contribution in [2.24, 2.45) is 0 Å². The van der Waals surface area contributed by atoms with Crippen LogP contribution in [0.4, 0.5) is 5.69 Å². The van der Waals surface area contributed by atoms with Crippen LogP contribution >= 0.6 is 11.6 Å². The van der Waals surface area contributed by atoms with E-state index in [9.17, 15) is 5.11 Å². The van der Waals surface area contributed by atoms with Crippen LogP contribution in [0.5, 0.6) is 11.5 Å². The number of hydrogen-bond donors (Lipinski definition) is 2. The standard InChI is InChI=1S/C18H16ClNO3/c1-22-18-8-2-12(10-16(18)19)17-9-7-15(23-17)11-20-13-3-5-14(21)6-4-13/h2-10,20-21H,11H2,1H3. The van der Waals surface area contributed by atoms with Gasteiger partial charge in [-0.2, -0.15) is 0 Å². The van der Waals surface area contributed by atoms with Gasteiger partial charge in [-0.25, -0.2) is 0 Å². The summed E-state index contributed by atoms with van der Waals surface area (Å²) in [6.45, 7) is 0.550. The highest BCUT2D eigenvalue weighted by Crippen LogP contribution is 2.31. The first-order chi connectivity index (χ1) is 11.2. The predicted molar refractivity (Wildman–Crippen MR) is 91.1 cm³/mol. The van der Waals surface area contributed by atoms with Crippen LogP contribution in [0.1, 0.15) is 5.76 Å². The maximum absolute atomic E-state index is 9.27. The first-order valence-corrected chi connectivity index (χ1v) is 7.49. The Bertz CT molecular complexity index is 796. The molecule has 0 saturated heterocycles. The van der Waals surface area contributed by atoms with Crippen LogP contribution in [-0.4, -0.2) is 12.2 Å². The van der Waals surface area contributed by atoms with Gasteiger partial charge in [-0.3, -0.25) is 0 Å². The molecule has 23 heavy (non-hydrogen) atoms. The Morgan fingerprint density at radius 1 is 1.09 bits per heavy atom. The fourth-order valence-corrected chi connectivity index (χ4v) is 2.47. The van der Waals surface area contributed by atoms with E-state index in [1.165, 1.54) is 0 Å². The average molecular weight is 330 g/mol. The molecule has 0 bridgehead atoms. The molecule has 0 aliphatic heterocycles. The normalized spacial score (nSPS) is 10.5. The monoisotopic (exact) mass is 329 g/mol. The summed E-state index contributed by atoms with van der Waals surface area (Å²) in [7, 11) is 1.58. The summed E-state index contributed by atoms with van der Waals surface area (Å²) in [4.78, 5) is 0. The Kier molecular flexibility index (Phi) is 4.44. The zero-order chi connectivity index (χ0) is 16.2. The molecule has 0 aliphatic rings. The number of halogens is 1. The second-order valence-corrected chi connectivity index (χ2v) is 5.42. The Morgan fingerprint density at radius 3 is 2.57 bits per heavy atom. The number of ether oxygens (including phenoxy) is 1. The third-order valence-corrected chi connectivity index (χ3v) is 3.73. The largest absolute Gasteiger partial charge is 0.508 e. The van der Waals surface area contributed by atoms with Crippen molar-refractivity contribution in [1.82, 2.24) is 0 Å². The second-order valence-electron chi connectivity index (χ2n) is 5.02. The molecule has 1 aromatic heterocycles. The number of phenols is 1. The lowest BCUT2D eigenvalue weighted by Gasteiger charge is -2.05. The van der Waals surface area contributed by atoms with Gasteiger partial charge in [-0.1, -0.05) is 11.6 Å². The van der Waals surface area contributed by atoms with E-state index in [1.807, 2.05) is 42.5 Å². The molecule has 0 atom stereocenters. The molecule has 3 aromatic rings. The van der Waals surface area contributed by atoms with E-state index < -0.39 is 0 Å². The van der Waals surface area contributed by atoms with E-state index in [0.29, 0.717) is 17.3 Å². The number of aromatic hydroxyl groups is 1. The van der Waals surface area contributed by atoms with Crippen molar-refractivity contribution >= 4 is 17.3 Å². The van der Waals surface area contributed by atoms with Crippen molar-refractivity contribution in [2.45, 2.75) is 6.54 Å². The van der Waals surface area contributed by atoms with Crippen LogP contribution in [0.2, 0.25) is 5.02 Å². The molecular formula is C18H16ClNO3. The van der Waals surface area contributed by atoms with Crippen molar-refractivity contribution in [3.63, 3.8) is 0 Å². The topological polar surface area (TPSA) is 54.6 Å². The van der Waals surface area contributed by atoms with Gasteiger partial charge < -0.3 is 19.6 Å². The fourth-order valence-electron chi connectivity index (χ4n) is 2.22. The lowest BCUT2D eigenvalue weighted by Crippen LogP contribution is -1.97. The Balaban J connectivity index is 1.70. The minimum atomic E-state index is 0.243. The second kappa shape index (κ2) is 6.67.